The van der Waals surface area contributed by atoms with E-state index in [2.05, 4.69) is 31.1 Å². The highest BCUT2D eigenvalue weighted by atomic mass is 79.9. The SMILES string of the molecule is O=C(O)c1cn2c(CN3CCOCC3)cnc2c(F)c1Nc1ccc(Br)cc1F. The van der Waals surface area contributed by atoms with Crippen molar-refractivity contribution in [1.29, 1.82) is 0 Å². The summed E-state index contributed by atoms with van der Waals surface area (Å²) in [5, 5.41) is 12.2. The van der Waals surface area contributed by atoms with Gasteiger partial charge in [0.2, 0.25) is 0 Å². The van der Waals surface area contributed by atoms with Crippen molar-refractivity contribution in [3.05, 3.63) is 58.0 Å². The molecule has 2 N–H and O–H groups in total. The van der Waals surface area contributed by atoms with E-state index in [-0.39, 0.29) is 22.6 Å². The Balaban J connectivity index is 1.75. The van der Waals surface area contributed by atoms with Crippen molar-refractivity contribution in [2.75, 3.05) is 31.6 Å². The van der Waals surface area contributed by atoms with Crippen LogP contribution in [-0.4, -0.2) is 51.7 Å². The van der Waals surface area contributed by atoms with Crippen molar-refractivity contribution in [3.63, 3.8) is 0 Å². The number of nitrogens with one attached hydrogen (secondary N) is 1. The molecule has 3 aromatic rings. The lowest BCUT2D eigenvalue weighted by molar-refractivity contribution is 0.0335. The van der Waals surface area contributed by atoms with Gasteiger partial charge >= 0.3 is 5.97 Å². The van der Waals surface area contributed by atoms with Gasteiger partial charge in [-0.15, -0.1) is 0 Å². The Morgan fingerprint density at radius 3 is 2.76 bits per heavy atom. The zero-order valence-electron chi connectivity index (χ0n) is 15.2. The number of halogens is 3. The number of rotatable bonds is 5. The fraction of sp³-hybridized carbons (Fsp3) is 0.263. The number of aromatic nitrogens is 2. The summed E-state index contributed by atoms with van der Waals surface area (Å²) in [5.74, 6) is -2.84. The molecule has 0 amide bonds. The minimum Gasteiger partial charge on any atom is -0.478 e. The van der Waals surface area contributed by atoms with E-state index in [1.807, 2.05) is 0 Å². The Morgan fingerprint density at radius 1 is 1.31 bits per heavy atom. The van der Waals surface area contributed by atoms with Crippen LogP contribution in [0.3, 0.4) is 0 Å². The molecule has 1 saturated heterocycles. The smallest absolute Gasteiger partial charge is 0.339 e. The molecule has 29 heavy (non-hydrogen) atoms. The standard InChI is InChI=1S/C19H17BrF2N4O3/c20-11-1-2-15(14(21)7-11)24-17-13(19(27)28)10-26-12(8-23-18(26)16(17)22)9-25-3-5-29-6-4-25/h1-2,7-8,10,24H,3-6,9H2,(H,27,28). The van der Waals surface area contributed by atoms with Crippen molar-refractivity contribution in [2.24, 2.45) is 0 Å². The fourth-order valence-electron chi connectivity index (χ4n) is 3.24. The Hall–Kier alpha value is -2.56. The van der Waals surface area contributed by atoms with E-state index in [0.717, 1.165) is 13.1 Å². The summed E-state index contributed by atoms with van der Waals surface area (Å²) in [6.07, 6.45) is 2.83. The van der Waals surface area contributed by atoms with E-state index < -0.39 is 17.6 Å². The van der Waals surface area contributed by atoms with Crippen LogP contribution in [0.4, 0.5) is 20.2 Å². The van der Waals surface area contributed by atoms with Gasteiger partial charge in [0.25, 0.3) is 0 Å². The minimum absolute atomic E-state index is 0.0294. The van der Waals surface area contributed by atoms with E-state index in [0.29, 0.717) is 29.9 Å². The number of benzene rings is 1. The first kappa shape index (κ1) is 19.7. The predicted octanol–water partition coefficient (Wildman–Crippen LogP) is 3.65. The summed E-state index contributed by atoms with van der Waals surface area (Å²) < 4.78 is 36.6. The van der Waals surface area contributed by atoms with Crippen LogP contribution in [0.25, 0.3) is 5.65 Å². The molecule has 0 unspecified atom stereocenters. The molecule has 0 aliphatic carbocycles. The number of pyridine rings is 1. The Bertz CT molecular complexity index is 1080. The first-order valence-electron chi connectivity index (χ1n) is 8.88. The van der Waals surface area contributed by atoms with Crippen LogP contribution in [0.5, 0.6) is 0 Å². The van der Waals surface area contributed by atoms with Gasteiger partial charge in [0.05, 0.1) is 36.5 Å². The van der Waals surface area contributed by atoms with Crippen molar-refractivity contribution >= 4 is 38.9 Å². The molecule has 4 rings (SSSR count). The summed E-state index contributed by atoms with van der Waals surface area (Å²) in [6.45, 7) is 3.15. The molecule has 2 aromatic heterocycles. The van der Waals surface area contributed by atoms with Gasteiger partial charge < -0.3 is 15.2 Å². The van der Waals surface area contributed by atoms with E-state index in [1.54, 1.807) is 6.07 Å². The number of carboxylic acids is 1. The maximum Gasteiger partial charge on any atom is 0.339 e. The second-order valence-corrected chi connectivity index (χ2v) is 7.53. The zero-order chi connectivity index (χ0) is 20.5. The van der Waals surface area contributed by atoms with Crippen molar-refractivity contribution < 1.29 is 23.4 Å². The van der Waals surface area contributed by atoms with Crippen LogP contribution < -0.4 is 5.32 Å². The highest BCUT2D eigenvalue weighted by molar-refractivity contribution is 9.10. The molecule has 7 nitrogen and oxygen atoms in total. The van der Waals surface area contributed by atoms with E-state index >= 15 is 4.39 Å². The second-order valence-electron chi connectivity index (χ2n) is 6.62. The summed E-state index contributed by atoms with van der Waals surface area (Å²) in [5.41, 5.74) is -0.0738. The van der Waals surface area contributed by atoms with Gasteiger partial charge in [0.15, 0.2) is 11.5 Å². The molecule has 0 spiro atoms. The Labute approximate surface area is 173 Å². The summed E-state index contributed by atoms with van der Waals surface area (Å²) >= 11 is 3.15. The average molecular weight is 467 g/mol. The molecule has 0 radical (unpaired) electrons. The molecule has 3 heterocycles. The van der Waals surface area contributed by atoms with Crippen molar-refractivity contribution in [2.45, 2.75) is 6.54 Å². The van der Waals surface area contributed by atoms with Crippen LogP contribution in [0, 0.1) is 11.6 Å². The number of hydrogen-bond acceptors (Lipinski definition) is 5. The monoisotopic (exact) mass is 466 g/mol. The van der Waals surface area contributed by atoms with E-state index in [4.69, 9.17) is 4.74 Å². The molecule has 1 aliphatic heterocycles. The molecule has 1 fully saturated rings. The van der Waals surface area contributed by atoms with Gasteiger partial charge in [0, 0.05) is 30.3 Å². The number of fused-ring (bicyclic) bond motifs is 1. The van der Waals surface area contributed by atoms with Crippen LogP contribution in [-0.2, 0) is 11.3 Å². The zero-order valence-corrected chi connectivity index (χ0v) is 16.7. The molecule has 1 aromatic carbocycles. The maximum atomic E-state index is 15.2. The van der Waals surface area contributed by atoms with Gasteiger partial charge in [-0.25, -0.2) is 18.6 Å². The number of aromatic carboxylic acids is 1. The number of hydrogen-bond donors (Lipinski definition) is 2. The molecule has 0 atom stereocenters. The molecule has 0 bridgehead atoms. The second kappa shape index (κ2) is 8.05. The number of morpholine rings is 1. The van der Waals surface area contributed by atoms with E-state index in [9.17, 15) is 14.3 Å². The first-order chi connectivity index (χ1) is 13.9. The summed E-state index contributed by atoms with van der Waals surface area (Å²) in [4.78, 5) is 18.0. The van der Waals surface area contributed by atoms with Crippen LogP contribution in [0.2, 0.25) is 0 Å². The van der Waals surface area contributed by atoms with Crippen LogP contribution in [0.15, 0.2) is 35.1 Å². The predicted molar refractivity (Wildman–Crippen MR) is 106 cm³/mol. The number of nitrogens with zero attached hydrogens (tertiary/aromatic N) is 3. The molecule has 152 valence electrons. The van der Waals surface area contributed by atoms with Crippen LogP contribution >= 0.6 is 15.9 Å². The Kier molecular flexibility index (Phi) is 5.48. The molecular formula is C19H17BrF2N4O3. The topological polar surface area (TPSA) is 79.1 Å². The number of carboxylic acid groups (broad SMARTS) is 1. The van der Waals surface area contributed by atoms with Gasteiger partial charge in [-0.1, -0.05) is 15.9 Å². The molecule has 1 aliphatic rings. The largest absolute Gasteiger partial charge is 0.478 e. The third kappa shape index (κ3) is 3.96. The summed E-state index contributed by atoms with van der Waals surface area (Å²) in [7, 11) is 0. The lowest BCUT2D eigenvalue weighted by Gasteiger charge is -2.26. The van der Waals surface area contributed by atoms with Crippen molar-refractivity contribution in [3.8, 4) is 0 Å². The molecular weight excluding hydrogens is 450 g/mol. The minimum atomic E-state index is -1.34. The van der Waals surface area contributed by atoms with Crippen molar-refractivity contribution in [1.82, 2.24) is 14.3 Å². The highest BCUT2D eigenvalue weighted by Crippen LogP contribution is 2.30. The Morgan fingerprint density at radius 2 is 2.07 bits per heavy atom. The normalized spacial score (nSPS) is 15.0. The third-order valence-electron chi connectivity index (χ3n) is 4.73. The van der Waals surface area contributed by atoms with Gasteiger partial charge in [-0.05, 0) is 18.2 Å². The van der Waals surface area contributed by atoms with Crippen LogP contribution in [0.1, 0.15) is 16.1 Å². The highest BCUT2D eigenvalue weighted by Gasteiger charge is 2.23. The van der Waals surface area contributed by atoms with Gasteiger partial charge in [0.1, 0.15) is 11.4 Å². The average Bonchev–Trinajstić information content (AvgIpc) is 3.09. The van der Waals surface area contributed by atoms with Gasteiger partial charge in [-0.2, -0.15) is 0 Å². The lowest BCUT2D eigenvalue weighted by atomic mass is 10.2. The van der Waals surface area contributed by atoms with Gasteiger partial charge in [-0.3, -0.25) is 9.30 Å². The maximum absolute atomic E-state index is 15.2. The number of carbonyl (C=O) groups is 1. The first-order valence-corrected chi connectivity index (χ1v) is 9.67. The third-order valence-corrected chi connectivity index (χ3v) is 5.22. The van der Waals surface area contributed by atoms with E-state index in [1.165, 1.54) is 28.9 Å². The lowest BCUT2D eigenvalue weighted by Crippen LogP contribution is -2.36. The molecule has 10 heteroatoms. The number of imidazole rings is 1. The quantitative estimate of drug-likeness (QED) is 0.597. The number of ether oxygens (including phenoxy) is 1. The molecule has 0 saturated carbocycles. The number of anilines is 2. The summed E-state index contributed by atoms with van der Waals surface area (Å²) in [6, 6.07) is 4.16. The fourth-order valence-corrected chi connectivity index (χ4v) is 3.57.